The quantitative estimate of drug-likeness (QED) is 0.0873. The Balaban J connectivity index is 2.51. The van der Waals surface area contributed by atoms with Gasteiger partial charge in [-0.1, -0.05) is 35.9 Å². The van der Waals surface area contributed by atoms with Crippen LogP contribution in [0.5, 0.6) is 0 Å². The maximum atomic E-state index is 13.1. The minimum Gasteiger partial charge on any atom is -0.369 e. The standard InChI is InChI=1S/C19H21ClN6O4S2/c1-2-8-23-19(25-22)26-32(29,30)16-9-13(14(20)10-15(16)31-11-17(21)27)18(28)24-12-6-4-3-5-7-12/h2-7,9-10H,1,8,11,22H2,(H2,21,27)(H,24,28)(H2,23,25,26). The summed E-state index contributed by atoms with van der Waals surface area (Å²) in [4.78, 5) is 27.7. The lowest BCUT2D eigenvalue weighted by Crippen LogP contribution is -2.44. The molecule has 2 aromatic rings. The van der Waals surface area contributed by atoms with E-state index in [1.807, 2.05) is 0 Å². The predicted octanol–water partition coefficient (Wildman–Crippen LogP) is 1.45. The number of hydrogen-bond donors (Lipinski definition) is 5. The topological polar surface area (TPSA) is 169 Å². The summed E-state index contributed by atoms with van der Waals surface area (Å²) in [6.45, 7) is 3.59. The van der Waals surface area contributed by atoms with Gasteiger partial charge in [0.15, 0.2) is 0 Å². The Kier molecular flexibility index (Phi) is 9.08. The second-order valence-corrected chi connectivity index (χ2v) is 9.16. The molecular formula is C19H21ClN6O4S2. The van der Waals surface area contributed by atoms with Crippen molar-refractivity contribution < 1.29 is 18.0 Å². The van der Waals surface area contributed by atoms with Crippen LogP contribution in [-0.4, -0.2) is 38.5 Å². The van der Waals surface area contributed by atoms with Crippen molar-refractivity contribution in [3.63, 3.8) is 0 Å². The number of nitrogens with zero attached hydrogens (tertiary/aromatic N) is 1. The molecule has 0 radical (unpaired) electrons. The number of rotatable bonds is 9. The molecule has 0 aliphatic heterocycles. The molecule has 2 rings (SSSR count). The highest BCUT2D eigenvalue weighted by Gasteiger charge is 2.25. The van der Waals surface area contributed by atoms with Crippen molar-refractivity contribution in [2.75, 3.05) is 17.6 Å². The van der Waals surface area contributed by atoms with Crippen LogP contribution in [0.25, 0.3) is 0 Å². The van der Waals surface area contributed by atoms with Crippen molar-refractivity contribution >= 4 is 56.8 Å². The molecule has 13 heteroatoms. The van der Waals surface area contributed by atoms with Crippen molar-refractivity contribution in [2.45, 2.75) is 9.79 Å². The maximum absolute atomic E-state index is 13.1. The van der Waals surface area contributed by atoms with Crippen LogP contribution in [0.2, 0.25) is 5.02 Å². The van der Waals surface area contributed by atoms with E-state index >= 15 is 0 Å². The number of sulfonamides is 1. The Labute approximate surface area is 194 Å². The first-order valence-corrected chi connectivity index (χ1v) is 11.8. The van der Waals surface area contributed by atoms with Crippen LogP contribution in [0.4, 0.5) is 5.69 Å². The third kappa shape index (κ3) is 6.99. The van der Waals surface area contributed by atoms with Crippen LogP contribution >= 0.6 is 23.4 Å². The molecule has 0 unspecified atom stereocenters. The second-order valence-electron chi connectivity index (χ2n) is 6.08. The molecule has 10 nitrogen and oxygen atoms in total. The van der Waals surface area contributed by atoms with Gasteiger partial charge < -0.3 is 11.1 Å². The van der Waals surface area contributed by atoms with Crippen LogP contribution < -0.4 is 27.0 Å². The summed E-state index contributed by atoms with van der Waals surface area (Å²) in [6, 6.07) is 10.9. The number of guanidine groups is 1. The number of aliphatic imine (C=N–C) groups is 1. The average Bonchev–Trinajstić information content (AvgIpc) is 2.75. The monoisotopic (exact) mass is 496 g/mol. The number of carbonyl (C=O) groups is 2. The van der Waals surface area contributed by atoms with E-state index in [4.69, 9.17) is 23.2 Å². The van der Waals surface area contributed by atoms with Crippen LogP contribution in [-0.2, 0) is 14.8 Å². The number of amides is 2. The van der Waals surface area contributed by atoms with Gasteiger partial charge in [-0.15, -0.1) is 18.3 Å². The third-order valence-corrected chi connectivity index (χ3v) is 6.61. The van der Waals surface area contributed by atoms with Crippen LogP contribution in [0.1, 0.15) is 10.4 Å². The number of carbonyl (C=O) groups excluding carboxylic acids is 2. The molecule has 0 spiro atoms. The van der Waals surface area contributed by atoms with Crippen molar-refractivity contribution in [2.24, 2.45) is 16.6 Å². The van der Waals surface area contributed by atoms with E-state index in [1.165, 1.54) is 12.1 Å². The molecule has 170 valence electrons. The zero-order valence-electron chi connectivity index (χ0n) is 16.7. The number of para-hydroxylation sites is 1. The molecule has 0 fully saturated rings. The highest BCUT2D eigenvalue weighted by Crippen LogP contribution is 2.32. The molecule has 0 saturated carbocycles. The number of halogens is 1. The van der Waals surface area contributed by atoms with Crippen molar-refractivity contribution in [3.05, 3.63) is 65.7 Å². The first-order chi connectivity index (χ1) is 15.2. The smallest absolute Gasteiger partial charge is 0.265 e. The van der Waals surface area contributed by atoms with Gasteiger partial charge in [0.2, 0.25) is 11.9 Å². The lowest BCUT2D eigenvalue weighted by atomic mass is 10.2. The fraction of sp³-hybridized carbons (Fsp3) is 0.105. The molecule has 0 heterocycles. The molecule has 0 aromatic heterocycles. The molecule has 2 amide bonds. The summed E-state index contributed by atoms with van der Waals surface area (Å²) >= 11 is 7.11. The van der Waals surface area contributed by atoms with Gasteiger partial charge in [0.05, 0.1) is 22.9 Å². The van der Waals surface area contributed by atoms with Gasteiger partial charge in [-0.25, -0.2) is 24.0 Å². The largest absolute Gasteiger partial charge is 0.369 e. The minimum atomic E-state index is -4.30. The Morgan fingerprint density at radius 3 is 2.50 bits per heavy atom. The lowest BCUT2D eigenvalue weighted by Gasteiger charge is -2.15. The Bertz CT molecular complexity index is 1140. The summed E-state index contributed by atoms with van der Waals surface area (Å²) in [5.41, 5.74) is 7.72. The van der Waals surface area contributed by atoms with Crippen LogP contribution in [0, 0.1) is 0 Å². The number of anilines is 1. The lowest BCUT2D eigenvalue weighted by molar-refractivity contribution is -0.115. The number of hydrazine groups is 1. The number of nitrogens with two attached hydrogens (primary N) is 2. The minimum absolute atomic E-state index is 0.0122. The summed E-state index contributed by atoms with van der Waals surface area (Å²) in [6.07, 6.45) is 1.44. The summed E-state index contributed by atoms with van der Waals surface area (Å²) in [5.74, 6) is 3.59. The van der Waals surface area contributed by atoms with E-state index < -0.39 is 21.8 Å². The van der Waals surface area contributed by atoms with E-state index in [2.05, 4.69) is 27.0 Å². The Hall–Kier alpha value is -3.06. The van der Waals surface area contributed by atoms with Gasteiger partial charge in [-0.2, -0.15) is 0 Å². The fourth-order valence-electron chi connectivity index (χ4n) is 2.35. The predicted molar refractivity (Wildman–Crippen MR) is 126 cm³/mol. The first kappa shape index (κ1) is 25.2. The molecule has 0 atom stereocenters. The highest BCUT2D eigenvalue weighted by molar-refractivity contribution is 8.00. The summed E-state index contributed by atoms with van der Waals surface area (Å²) in [5, 5.41) is 2.63. The number of primary amides is 1. The molecule has 0 bridgehead atoms. The van der Waals surface area contributed by atoms with E-state index in [0.29, 0.717) is 5.69 Å². The number of thioether (sulfide) groups is 1. The molecule has 2 aromatic carbocycles. The van der Waals surface area contributed by atoms with Gasteiger partial charge in [0.25, 0.3) is 15.9 Å². The number of nitrogens with one attached hydrogen (secondary N) is 3. The van der Waals surface area contributed by atoms with Gasteiger partial charge in [-0.05, 0) is 24.3 Å². The number of benzene rings is 2. The molecule has 0 aliphatic carbocycles. The van der Waals surface area contributed by atoms with Crippen molar-refractivity contribution in [1.82, 2.24) is 10.1 Å². The molecular weight excluding hydrogens is 476 g/mol. The normalized spacial score (nSPS) is 11.5. The van der Waals surface area contributed by atoms with E-state index in [-0.39, 0.29) is 38.6 Å². The van der Waals surface area contributed by atoms with Gasteiger partial charge in [-0.3, -0.25) is 15.0 Å². The van der Waals surface area contributed by atoms with Crippen LogP contribution in [0.15, 0.2) is 69.9 Å². The van der Waals surface area contributed by atoms with Gasteiger partial charge in [0, 0.05) is 10.6 Å². The zero-order chi connectivity index (χ0) is 23.7. The summed E-state index contributed by atoms with van der Waals surface area (Å²) < 4.78 is 28.3. The maximum Gasteiger partial charge on any atom is 0.265 e. The first-order valence-electron chi connectivity index (χ1n) is 8.93. The third-order valence-electron chi connectivity index (χ3n) is 3.72. The van der Waals surface area contributed by atoms with E-state index in [0.717, 1.165) is 17.8 Å². The van der Waals surface area contributed by atoms with Crippen LogP contribution in [0.3, 0.4) is 0 Å². The van der Waals surface area contributed by atoms with Crippen molar-refractivity contribution in [1.29, 1.82) is 0 Å². The second kappa shape index (κ2) is 11.5. The highest BCUT2D eigenvalue weighted by atomic mass is 35.5. The Morgan fingerprint density at radius 1 is 1.22 bits per heavy atom. The number of hydrogen-bond acceptors (Lipinski definition) is 7. The van der Waals surface area contributed by atoms with Crippen molar-refractivity contribution in [3.8, 4) is 0 Å². The van der Waals surface area contributed by atoms with Gasteiger partial charge >= 0.3 is 0 Å². The Morgan fingerprint density at radius 2 is 1.91 bits per heavy atom. The van der Waals surface area contributed by atoms with Gasteiger partial charge in [0.1, 0.15) is 4.90 Å². The fourth-order valence-corrected chi connectivity index (χ4v) is 4.95. The molecule has 32 heavy (non-hydrogen) atoms. The van der Waals surface area contributed by atoms with E-state index in [1.54, 1.807) is 30.3 Å². The van der Waals surface area contributed by atoms with E-state index in [9.17, 15) is 18.0 Å². The summed E-state index contributed by atoms with van der Waals surface area (Å²) in [7, 11) is -4.30. The average molecular weight is 497 g/mol. The molecule has 0 aliphatic rings. The SMILES string of the molecule is C=CCN=C(NN)NS(=O)(=O)c1cc(C(=O)Nc2ccccc2)c(Cl)cc1SCC(N)=O. The molecule has 0 saturated heterocycles. The zero-order valence-corrected chi connectivity index (χ0v) is 19.1. The molecule has 7 N–H and O–H groups in total.